The maximum Gasteiger partial charge on any atom is 0.251 e. The molecule has 27 heavy (non-hydrogen) atoms. The lowest BCUT2D eigenvalue weighted by Crippen LogP contribution is -2.24. The molecule has 0 bridgehead atoms. The van der Waals surface area contributed by atoms with Crippen molar-refractivity contribution in [3.05, 3.63) is 89.0 Å². The number of nitrogens with one attached hydrogen (secondary N) is 2. The number of nitrogens with zero attached hydrogens (tertiary/aromatic N) is 2. The molecular formula is C22H24N4O. The van der Waals surface area contributed by atoms with Gasteiger partial charge in [-0.15, -0.1) is 0 Å². The second kappa shape index (κ2) is 8.18. The molecule has 2 aromatic carbocycles. The van der Waals surface area contributed by atoms with E-state index in [4.69, 9.17) is 0 Å². The fourth-order valence-electron chi connectivity index (χ4n) is 3.55. The first-order valence-corrected chi connectivity index (χ1v) is 9.43. The number of carbonyl (C=O) groups is 1. The highest BCUT2D eigenvalue weighted by atomic mass is 16.1. The first kappa shape index (κ1) is 17.5. The van der Waals surface area contributed by atoms with E-state index in [9.17, 15) is 4.79 Å². The fourth-order valence-corrected chi connectivity index (χ4v) is 3.55. The quantitative estimate of drug-likeness (QED) is 0.735. The van der Waals surface area contributed by atoms with Crippen LogP contribution in [0, 0.1) is 0 Å². The van der Waals surface area contributed by atoms with Gasteiger partial charge in [0.15, 0.2) is 0 Å². The minimum absolute atomic E-state index is 0.0209. The predicted octanol–water partition coefficient (Wildman–Crippen LogP) is 2.55. The van der Waals surface area contributed by atoms with E-state index in [0.717, 1.165) is 43.6 Å². The van der Waals surface area contributed by atoms with E-state index in [-0.39, 0.29) is 5.91 Å². The minimum Gasteiger partial charge on any atom is -0.348 e. The Morgan fingerprint density at radius 3 is 2.70 bits per heavy atom. The maximum absolute atomic E-state index is 12.7. The van der Waals surface area contributed by atoms with Gasteiger partial charge < -0.3 is 15.2 Å². The van der Waals surface area contributed by atoms with Crippen LogP contribution in [0.1, 0.15) is 32.6 Å². The van der Waals surface area contributed by atoms with Crippen LogP contribution >= 0.6 is 0 Å². The van der Waals surface area contributed by atoms with E-state index >= 15 is 0 Å². The van der Waals surface area contributed by atoms with Gasteiger partial charge in [0.1, 0.15) is 0 Å². The number of rotatable bonds is 5. The van der Waals surface area contributed by atoms with Gasteiger partial charge in [-0.05, 0) is 60.3 Å². The number of benzene rings is 2. The third-order valence-electron chi connectivity index (χ3n) is 5.08. The highest BCUT2D eigenvalue weighted by Crippen LogP contribution is 2.16. The summed E-state index contributed by atoms with van der Waals surface area (Å²) in [4.78, 5) is 16.8. The van der Waals surface area contributed by atoms with Gasteiger partial charge in [0.25, 0.3) is 5.91 Å². The third-order valence-corrected chi connectivity index (χ3v) is 5.08. The molecule has 0 saturated carbocycles. The number of hydrogen-bond donors (Lipinski definition) is 2. The van der Waals surface area contributed by atoms with Crippen LogP contribution in [0.3, 0.4) is 0 Å². The van der Waals surface area contributed by atoms with Crippen LogP contribution in [0.25, 0.3) is 0 Å². The Morgan fingerprint density at radius 2 is 1.89 bits per heavy atom. The SMILES string of the molecule is O=C(NCc1ccccc1Cn1ccnc1)c1ccc2c(c1)CCNCC2. The second-order valence-electron chi connectivity index (χ2n) is 6.92. The van der Waals surface area contributed by atoms with Crippen molar-refractivity contribution in [2.45, 2.75) is 25.9 Å². The summed E-state index contributed by atoms with van der Waals surface area (Å²) >= 11 is 0. The van der Waals surface area contributed by atoms with Crippen molar-refractivity contribution in [2.75, 3.05) is 13.1 Å². The van der Waals surface area contributed by atoms with Gasteiger partial charge >= 0.3 is 0 Å². The Hall–Kier alpha value is -2.92. The normalized spacial score (nSPS) is 13.6. The summed E-state index contributed by atoms with van der Waals surface area (Å²) in [5.41, 5.74) is 5.68. The average molecular weight is 360 g/mol. The van der Waals surface area contributed by atoms with Crippen molar-refractivity contribution in [2.24, 2.45) is 0 Å². The molecule has 1 aromatic heterocycles. The van der Waals surface area contributed by atoms with E-state index < -0.39 is 0 Å². The second-order valence-corrected chi connectivity index (χ2v) is 6.92. The van der Waals surface area contributed by atoms with Crippen molar-refractivity contribution in [1.29, 1.82) is 0 Å². The molecule has 0 unspecified atom stereocenters. The molecule has 2 N–H and O–H groups in total. The van der Waals surface area contributed by atoms with Crippen LogP contribution in [0.4, 0.5) is 0 Å². The monoisotopic (exact) mass is 360 g/mol. The molecule has 2 heterocycles. The molecule has 0 saturated heterocycles. The Morgan fingerprint density at radius 1 is 1.07 bits per heavy atom. The molecule has 0 atom stereocenters. The molecule has 1 aliphatic heterocycles. The lowest BCUT2D eigenvalue weighted by Gasteiger charge is -2.12. The highest BCUT2D eigenvalue weighted by molar-refractivity contribution is 5.94. The molecular weight excluding hydrogens is 336 g/mol. The highest BCUT2D eigenvalue weighted by Gasteiger charge is 2.12. The van der Waals surface area contributed by atoms with Crippen molar-refractivity contribution < 1.29 is 4.79 Å². The maximum atomic E-state index is 12.7. The van der Waals surface area contributed by atoms with E-state index in [1.54, 1.807) is 12.5 Å². The first-order chi connectivity index (χ1) is 13.3. The summed E-state index contributed by atoms with van der Waals surface area (Å²) in [7, 11) is 0. The molecule has 1 aliphatic rings. The van der Waals surface area contributed by atoms with E-state index in [0.29, 0.717) is 6.54 Å². The van der Waals surface area contributed by atoms with Gasteiger partial charge in [0.05, 0.1) is 6.33 Å². The Labute approximate surface area is 159 Å². The fraction of sp³-hybridized carbons (Fsp3) is 0.273. The standard InChI is InChI=1S/C22H24N4O/c27-22(19-6-5-17-7-9-23-10-8-18(17)13-19)25-14-20-3-1-2-4-21(20)15-26-12-11-24-16-26/h1-6,11-13,16,23H,7-10,14-15H2,(H,25,27). The number of hydrogen-bond acceptors (Lipinski definition) is 3. The molecule has 138 valence electrons. The molecule has 0 fully saturated rings. The average Bonchev–Trinajstić information content (AvgIpc) is 3.09. The topological polar surface area (TPSA) is 59.0 Å². The molecule has 4 rings (SSSR count). The third kappa shape index (κ3) is 4.26. The van der Waals surface area contributed by atoms with Crippen molar-refractivity contribution in [1.82, 2.24) is 20.2 Å². The van der Waals surface area contributed by atoms with Crippen LogP contribution in [0.5, 0.6) is 0 Å². The summed E-state index contributed by atoms with van der Waals surface area (Å²) in [5, 5.41) is 6.48. The van der Waals surface area contributed by atoms with Gasteiger partial charge in [-0.25, -0.2) is 4.98 Å². The zero-order chi connectivity index (χ0) is 18.5. The number of imidazole rings is 1. The van der Waals surface area contributed by atoms with E-state index in [2.05, 4.69) is 39.9 Å². The van der Waals surface area contributed by atoms with Crippen LogP contribution in [-0.4, -0.2) is 28.5 Å². The van der Waals surface area contributed by atoms with Gasteiger partial charge in [-0.1, -0.05) is 30.3 Å². The summed E-state index contributed by atoms with van der Waals surface area (Å²) in [5.74, 6) is -0.0209. The van der Waals surface area contributed by atoms with Crippen LogP contribution in [0.15, 0.2) is 61.2 Å². The van der Waals surface area contributed by atoms with Crippen LogP contribution in [0.2, 0.25) is 0 Å². The zero-order valence-electron chi connectivity index (χ0n) is 15.3. The minimum atomic E-state index is -0.0209. The van der Waals surface area contributed by atoms with E-state index in [1.807, 2.05) is 29.0 Å². The number of carbonyl (C=O) groups excluding carboxylic acids is 1. The van der Waals surface area contributed by atoms with Gasteiger partial charge in [0.2, 0.25) is 0 Å². The lowest BCUT2D eigenvalue weighted by molar-refractivity contribution is 0.0950. The number of aromatic nitrogens is 2. The summed E-state index contributed by atoms with van der Waals surface area (Å²) in [6.07, 6.45) is 7.53. The van der Waals surface area contributed by atoms with Gasteiger partial charge in [0, 0.05) is 31.0 Å². The lowest BCUT2D eigenvalue weighted by atomic mass is 9.99. The number of amides is 1. The Kier molecular flexibility index (Phi) is 5.30. The Balaban J connectivity index is 1.45. The molecule has 5 nitrogen and oxygen atoms in total. The first-order valence-electron chi connectivity index (χ1n) is 9.43. The van der Waals surface area contributed by atoms with Crippen molar-refractivity contribution in [3.8, 4) is 0 Å². The van der Waals surface area contributed by atoms with Crippen molar-refractivity contribution >= 4 is 5.91 Å². The zero-order valence-corrected chi connectivity index (χ0v) is 15.3. The molecule has 3 aromatic rings. The van der Waals surface area contributed by atoms with Crippen LogP contribution in [-0.2, 0) is 25.9 Å². The summed E-state index contributed by atoms with van der Waals surface area (Å²) in [6.45, 7) is 3.24. The Bertz CT molecular complexity index is 918. The van der Waals surface area contributed by atoms with Gasteiger partial charge in [-0.2, -0.15) is 0 Å². The molecule has 0 radical (unpaired) electrons. The summed E-state index contributed by atoms with van der Waals surface area (Å²) < 4.78 is 2.03. The van der Waals surface area contributed by atoms with Crippen molar-refractivity contribution in [3.63, 3.8) is 0 Å². The molecule has 0 spiro atoms. The number of fused-ring (bicyclic) bond motifs is 1. The predicted molar refractivity (Wildman–Crippen MR) is 106 cm³/mol. The smallest absolute Gasteiger partial charge is 0.251 e. The largest absolute Gasteiger partial charge is 0.348 e. The summed E-state index contributed by atoms with van der Waals surface area (Å²) in [6, 6.07) is 14.3. The molecule has 5 heteroatoms. The van der Waals surface area contributed by atoms with Crippen LogP contribution < -0.4 is 10.6 Å². The molecule has 0 aliphatic carbocycles. The van der Waals surface area contributed by atoms with Gasteiger partial charge in [-0.3, -0.25) is 4.79 Å². The van der Waals surface area contributed by atoms with E-state index in [1.165, 1.54) is 16.7 Å². The molecule has 1 amide bonds.